The van der Waals surface area contributed by atoms with Crippen molar-refractivity contribution in [2.24, 2.45) is 0 Å². The molecule has 0 spiro atoms. The summed E-state index contributed by atoms with van der Waals surface area (Å²) in [4.78, 5) is 26.8. The van der Waals surface area contributed by atoms with E-state index in [1.165, 1.54) is 0 Å². The number of ether oxygens (including phenoxy) is 1. The van der Waals surface area contributed by atoms with E-state index in [2.05, 4.69) is 29.5 Å². The number of nitrogens with zero attached hydrogens (tertiary/aromatic N) is 1. The lowest BCUT2D eigenvalue weighted by Crippen LogP contribution is -2.44. The lowest BCUT2D eigenvalue weighted by molar-refractivity contribution is -0.116. The zero-order valence-corrected chi connectivity index (χ0v) is 17.6. The number of amides is 1. The monoisotopic (exact) mass is 469 g/mol. The van der Waals surface area contributed by atoms with Crippen LogP contribution in [0, 0.1) is 0 Å². The second-order valence-electron chi connectivity index (χ2n) is 6.66. The Morgan fingerprint density at radius 1 is 1.23 bits per heavy atom. The van der Waals surface area contributed by atoms with Crippen molar-refractivity contribution in [1.29, 1.82) is 0 Å². The normalized spacial score (nSPS) is 17.2. The van der Waals surface area contributed by atoms with Crippen LogP contribution in [0.2, 0.25) is 0 Å². The summed E-state index contributed by atoms with van der Waals surface area (Å²) in [5, 5.41) is 0. The largest absolute Gasteiger partial charge is 0.444 e. The second kappa shape index (κ2) is 11.4. The van der Waals surface area contributed by atoms with Gasteiger partial charge in [-0.05, 0) is 29.3 Å². The van der Waals surface area contributed by atoms with Crippen LogP contribution in [-0.4, -0.2) is 27.2 Å². The average molecular weight is 469 g/mol. The molecule has 2 rings (SSSR count). The van der Waals surface area contributed by atoms with Gasteiger partial charge in [-0.25, -0.2) is 4.79 Å². The van der Waals surface area contributed by atoms with E-state index in [0.717, 1.165) is 54.2 Å². The summed E-state index contributed by atoms with van der Waals surface area (Å²) in [7, 11) is 0. The first-order chi connectivity index (χ1) is 12.7. The molecule has 0 unspecified atom stereocenters. The van der Waals surface area contributed by atoms with E-state index < -0.39 is 0 Å². The van der Waals surface area contributed by atoms with E-state index >= 15 is 0 Å². The van der Waals surface area contributed by atoms with Gasteiger partial charge in [0, 0.05) is 24.2 Å². The van der Waals surface area contributed by atoms with Gasteiger partial charge in [0.25, 0.3) is 0 Å². The maximum atomic E-state index is 12.8. The van der Waals surface area contributed by atoms with E-state index in [9.17, 15) is 9.59 Å². The van der Waals surface area contributed by atoms with Gasteiger partial charge in [-0.3, -0.25) is 9.69 Å². The molecule has 0 saturated heterocycles. The number of allylic oxidation sites excluding steroid dienone is 2. The van der Waals surface area contributed by atoms with Crippen LogP contribution in [0.15, 0.2) is 42.1 Å². The van der Waals surface area contributed by atoms with Gasteiger partial charge < -0.3 is 4.74 Å². The third-order valence-corrected chi connectivity index (χ3v) is 5.31. The molecule has 0 aromatic heterocycles. The third-order valence-electron chi connectivity index (χ3n) is 4.55. The van der Waals surface area contributed by atoms with Crippen LogP contribution < -0.4 is 0 Å². The van der Waals surface area contributed by atoms with E-state index in [-0.39, 0.29) is 24.5 Å². The van der Waals surface area contributed by atoms with Gasteiger partial charge >= 0.3 is 6.09 Å². The van der Waals surface area contributed by atoms with Crippen LogP contribution in [0.4, 0.5) is 4.79 Å². The number of alkyl halides is 1. The minimum Gasteiger partial charge on any atom is -0.444 e. The second-order valence-corrected chi connectivity index (χ2v) is 7.74. The molecular formula is C21H28INO3. The molecule has 0 bridgehead atoms. The molecule has 1 heterocycles. The molecule has 0 radical (unpaired) electrons. The zero-order chi connectivity index (χ0) is 18.8. The van der Waals surface area contributed by atoms with Gasteiger partial charge in [0.2, 0.25) is 0 Å². The summed E-state index contributed by atoms with van der Waals surface area (Å²) < 4.78 is 6.58. The summed E-state index contributed by atoms with van der Waals surface area (Å²) in [5.74, 6) is 0.127. The Morgan fingerprint density at radius 3 is 2.69 bits per heavy atom. The van der Waals surface area contributed by atoms with Crippen LogP contribution in [0.5, 0.6) is 0 Å². The standard InChI is InChI=1S/C21H28INO3/c1-2-3-5-11-18-14-20(24)15-19(12-8-13-22)23(18)21(25)26-16-17-9-6-4-7-10-17/h4,6-7,9-10,15,18H,2-3,5,8,11-14,16H2,1H3/t18-/m1/s1. The van der Waals surface area contributed by atoms with Crippen molar-refractivity contribution in [1.82, 2.24) is 4.90 Å². The molecular weight excluding hydrogens is 441 g/mol. The number of hydrogen-bond acceptors (Lipinski definition) is 3. The van der Waals surface area contributed by atoms with Crippen molar-refractivity contribution < 1.29 is 14.3 Å². The van der Waals surface area contributed by atoms with Crippen molar-refractivity contribution in [2.45, 2.75) is 64.5 Å². The first-order valence-corrected chi connectivity index (χ1v) is 11.0. The molecule has 142 valence electrons. The zero-order valence-electron chi connectivity index (χ0n) is 15.5. The smallest absolute Gasteiger partial charge is 0.414 e. The van der Waals surface area contributed by atoms with Gasteiger partial charge in [-0.1, -0.05) is 79.1 Å². The molecule has 0 N–H and O–H groups in total. The van der Waals surface area contributed by atoms with E-state index in [1.54, 1.807) is 11.0 Å². The van der Waals surface area contributed by atoms with Gasteiger partial charge in [0.1, 0.15) is 6.61 Å². The lowest BCUT2D eigenvalue weighted by atomic mass is 9.95. The predicted octanol–water partition coefficient (Wildman–Crippen LogP) is 5.65. The number of ketones is 1. The Hall–Kier alpha value is -1.37. The fourth-order valence-electron chi connectivity index (χ4n) is 3.23. The van der Waals surface area contributed by atoms with Gasteiger partial charge in [-0.15, -0.1) is 0 Å². The molecule has 0 saturated carbocycles. The number of halogens is 1. The molecule has 1 atom stereocenters. The summed E-state index contributed by atoms with van der Waals surface area (Å²) in [5.41, 5.74) is 1.78. The summed E-state index contributed by atoms with van der Waals surface area (Å²) >= 11 is 2.32. The molecule has 1 aliphatic rings. The molecule has 5 heteroatoms. The molecule has 0 aliphatic carbocycles. The van der Waals surface area contributed by atoms with E-state index in [1.807, 2.05) is 30.3 Å². The highest BCUT2D eigenvalue weighted by Gasteiger charge is 2.33. The fraction of sp³-hybridized carbons (Fsp3) is 0.524. The number of benzene rings is 1. The van der Waals surface area contributed by atoms with Crippen molar-refractivity contribution in [2.75, 3.05) is 4.43 Å². The van der Waals surface area contributed by atoms with Crippen LogP contribution >= 0.6 is 22.6 Å². The fourth-order valence-corrected chi connectivity index (χ4v) is 3.61. The SMILES string of the molecule is CCCCC[C@@H]1CC(=O)C=C(CCCI)N1C(=O)OCc1ccccc1. The highest BCUT2D eigenvalue weighted by Crippen LogP contribution is 2.28. The Morgan fingerprint density at radius 2 is 2.00 bits per heavy atom. The van der Waals surface area contributed by atoms with Gasteiger partial charge in [-0.2, -0.15) is 0 Å². The lowest BCUT2D eigenvalue weighted by Gasteiger charge is -2.35. The molecule has 1 aliphatic heterocycles. The number of carbonyl (C=O) groups is 2. The molecule has 1 amide bonds. The summed E-state index contributed by atoms with van der Waals surface area (Å²) in [6.45, 7) is 2.41. The first-order valence-electron chi connectivity index (χ1n) is 9.45. The van der Waals surface area contributed by atoms with Crippen molar-refractivity contribution in [3.05, 3.63) is 47.7 Å². The van der Waals surface area contributed by atoms with E-state index in [4.69, 9.17) is 4.74 Å². The molecule has 4 nitrogen and oxygen atoms in total. The molecule has 1 aromatic carbocycles. The van der Waals surface area contributed by atoms with E-state index in [0.29, 0.717) is 6.42 Å². The highest BCUT2D eigenvalue weighted by molar-refractivity contribution is 14.1. The number of hydrogen-bond donors (Lipinski definition) is 0. The Labute approximate surface area is 170 Å². The Kier molecular flexibility index (Phi) is 9.15. The number of rotatable bonds is 9. The third kappa shape index (κ3) is 6.41. The predicted molar refractivity (Wildman–Crippen MR) is 112 cm³/mol. The number of carbonyl (C=O) groups excluding carboxylic acids is 2. The van der Waals surface area contributed by atoms with Gasteiger partial charge in [0.15, 0.2) is 5.78 Å². The topological polar surface area (TPSA) is 46.6 Å². The van der Waals surface area contributed by atoms with Crippen molar-refractivity contribution in [3.63, 3.8) is 0 Å². The van der Waals surface area contributed by atoms with Crippen molar-refractivity contribution >= 4 is 34.5 Å². The van der Waals surface area contributed by atoms with Crippen LogP contribution in [0.25, 0.3) is 0 Å². The minimum atomic E-state index is -0.331. The average Bonchev–Trinajstić information content (AvgIpc) is 2.65. The first kappa shape index (κ1) is 20.9. The number of unbranched alkanes of at least 4 members (excludes halogenated alkanes) is 2. The summed E-state index contributed by atoms with van der Waals surface area (Å²) in [6.07, 6.45) is 7.51. The minimum absolute atomic E-state index is 0.0773. The molecule has 0 fully saturated rings. The quantitative estimate of drug-likeness (QED) is 0.267. The highest BCUT2D eigenvalue weighted by atomic mass is 127. The maximum Gasteiger partial charge on any atom is 0.414 e. The van der Waals surface area contributed by atoms with Crippen LogP contribution in [-0.2, 0) is 16.1 Å². The summed E-state index contributed by atoms with van der Waals surface area (Å²) in [6, 6.07) is 9.61. The van der Waals surface area contributed by atoms with Crippen LogP contribution in [0.3, 0.4) is 0 Å². The van der Waals surface area contributed by atoms with Crippen LogP contribution in [0.1, 0.15) is 57.4 Å². The Balaban J connectivity index is 2.10. The Bertz CT molecular complexity index is 615. The van der Waals surface area contributed by atoms with Crippen molar-refractivity contribution in [3.8, 4) is 0 Å². The van der Waals surface area contributed by atoms with Gasteiger partial charge in [0.05, 0.1) is 0 Å². The molecule has 26 heavy (non-hydrogen) atoms. The maximum absolute atomic E-state index is 12.8. The molecule has 1 aromatic rings.